The number of hydrogen-bond acceptors (Lipinski definition) is 5. The third-order valence-corrected chi connectivity index (χ3v) is 5.24. The smallest absolute Gasteiger partial charge is 0.422 e. The monoisotopic (exact) mass is 480 g/mol. The Balaban J connectivity index is 1.95. The third kappa shape index (κ3) is 6.39. The molecule has 13 heteroatoms. The fraction of sp³-hybridized carbons (Fsp3) is 0.211. The molecule has 0 bridgehead atoms. The zero-order valence-electron chi connectivity index (χ0n) is 15.9. The summed E-state index contributed by atoms with van der Waals surface area (Å²) in [6, 6.07) is 10.5. The number of sulfonamides is 1. The number of para-hydroxylation sites is 1. The van der Waals surface area contributed by atoms with E-state index in [2.05, 4.69) is 19.2 Å². The molecule has 1 N–H and O–H groups in total. The number of ether oxygens (including phenoxy) is 2. The van der Waals surface area contributed by atoms with Crippen molar-refractivity contribution in [2.75, 3.05) is 17.9 Å². The molecule has 0 amide bonds. The van der Waals surface area contributed by atoms with Crippen LogP contribution in [0.3, 0.4) is 0 Å². The van der Waals surface area contributed by atoms with Crippen molar-refractivity contribution in [1.29, 1.82) is 0 Å². The Hall–Kier alpha value is -3.22. The van der Waals surface area contributed by atoms with Crippen LogP contribution < -0.4 is 14.2 Å². The van der Waals surface area contributed by atoms with Crippen LogP contribution in [-0.2, 0) is 10.0 Å². The van der Waals surface area contributed by atoms with Crippen molar-refractivity contribution in [3.05, 3.63) is 54.7 Å². The minimum absolute atomic E-state index is 0.0212. The summed E-state index contributed by atoms with van der Waals surface area (Å²) in [5, 5.41) is 0.573. The van der Waals surface area contributed by atoms with Gasteiger partial charge in [-0.05, 0) is 24.3 Å². The summed E-state index contributed by atoms with van der Waals surface area (Å²) in [6.45, 7) is -3.53. The molecule has 0 radical (unpaired) electrons. The minimum Gasteiger partial charge on any atom is -0.484 e. The molecule has 0 unspecified atom stereocenters. The largest absolute Gasteiger partial charge is 0.484 e. The summed E-state index contributed by atoms with van der Waals surface area (Å²) in [6.07, 6.45) is -8.30. The molecule has 6 nitrogen and oxygen atoms in total. The topological polar surface area (TPSA) is 77.5 Å². The van der Waals surface area contributed by atoms with Gasteiger partial charge in [0.15, 0.2) is 13.2 Å². The lowest BCUT2D eigenvalue weighted by molar-refractivity contribution is -0.154. The van der Waals surface area contributed by atoms with Crippen LogP contribution in [0.15, 0.2) is 59.6 Å². The number of rotatable bonds is 7. The van der Waals surface area contributed by atoms with Crippen molar-refractivity contribution in [2.24, 2.45) is 0 Å². The van der Waals surface area contributed by atoms with Gasteiger partial charge in [-0.15, -0.1) is 0 Å². The van der Waals surface area contributed by atoms with E-state index >= 15 is 0 Å². The standard InChI is InChI=1S/C19H14F6N2O4S/c20-18(21,22)10-30-14-5-6-16(31-11-19(23,24)25)17(8-14)32(28,29)27-13-7-12-3-1-2-4-15(12)26-9-13/h1-9,27H,10-11H2. The summed E-state index contributed by atoms with van der Waals surface area (Å²) in [7, 11) is -4.60. The van der Waals surface area contributed by atoms with Crippen LogP contribution >= 0.6 is 0 Å². The predicted octanol–water partition coefficient (Wildman–Crippen LogP) is 4.92. The van der Waals surface area contributed by atoms with E-state index in [-0.39, 0.29) is 5.69 Å². The molecule has 0 fully saturated rings. The van der Waals surface area contributed by atoms with Gasteiger partial charge in [0.2, 0.25) is 0 Å². The molecule has 172 valence electrons. The lowest BCUT2D eigenvalue weighted by Crippen LogP contribution is -2.22. The van der Waals surface area contributed by atoms with Gasteiger partial charge in [0.25, 0.3) is 10.0 Å². The van der Waals surface area contributed by atoms with E-state index in [1.165, 1.54) is 12.3 Å². The Morgan fingerprint density at radius 2 is 1.53 bits per heavy atom. The van der Waals surface area contributed by atoms with Crippen molar-refractivity contribution in [2.45, 2.75) is 17.2 Å². The lowest BCUT2D eigenvalue weighted by atomic mass is 10.2. The van der Waals surface area contributed by atoms with Crippen molar-refractivity contribution in [1.82, 2.24) is 4.98 Å². The highest BCUT2D eigenvalue weighted by molar-refractivity contribution is 7.92. The zero-order valence-corrected chi connectivity index (χ0v) is 16.7. The first-order chi connectivity index (χ1) is 14.8. The van der Waals surface area contributed by atoms with E-state index < -0.39 is 52.0 Å². The molecule has 1 aromatic heterocycles. The molecule has 0 spiro atoms. The lowest BCUT2D eigenvalue weighted by Gasteiger charge is -2.16. The molecular formula is C19H14F6N2O4S. The Kier molecular flexibility index (Phi) is 6.39. The van der Waals surface area contributed by atoms with Crippen LogP contribution in [0.2, 0.25) is 0 Å². The first kappa shape index (κ1) is 23.4. The highest BCUT2D eigenvalue weighted by Gasteiger charge is 2.31. The quantitative estimate of drug-likeness (QED) is 0.486. The average Bonchev–Trinajstić information content (AvgIpc) is 2.69. The van der Waals surface area contributed by atoms with Crippen LogP contribution in [0.4, 0.5) is 32.0 Å². The molecule has 0 aliphatic heterocycles. The summed E-state index contributed by atoms with van der Waals surface area (Å²) in [5.74, 6) is -1.25. The molecule has 3 rings (SSSR count). The van der Waals surface area contributed by atoms with E-state index in [9.17, 15) is 34.8 Å². The number of alkyl halides is 6. The van der Waals surface area contributed by atoms with Crippen molar-refractivity contribution < 1.29 is 44.2 Å². The van der Waals surface area contributed by atoms with Gasteiger partial charge >= 0.3 is 12.4 Å². The number of halogens is 6. The van der Waals surface area contributed by atoms with Gasteiger partial charge in [0.05, 0.1) is 17.4 Å². The Morgan fingerprint density at radius 3 is 2.22 bits per heavy atom. The molecule has 32 heavy (non-hydrogen) atoms. The molecule has 0 atom stereocenters. The number of nitrogens with zero attached hydrogens (tertiary/aromatic N) is 1. The second kappa shape index (κ2) is 8.73. The third-order valence-electron chi connectivity index (χ3n) is 3.84. The molecule has 0 saturated carbocycles. The molecule has 0 aliphatic rings. The maximum Gasteiger partial charge on any atom is 0.422 e. The SMILES string of the molecule is O=S(=O)(Nc1cnc2ccccc2c1)c1cc(OCC(F)(F)F)ccc1OCC(F)(F)F. The Morgan fingerprint density at radius 1 is 0.875 bits per heavy atom. The number of anilines is 1. The molecule has 0 saturated heterocycles. The van der Waals surface area contributed by atoms with Gasteiger partial charge in [-0.25, -0.2) is 8.42 Å². The van der Waals surface area contributed by atoms with E-state index in [1.807, 2.05) is 0 Å². The first-order valence-electron chi connectivity index (χ1n) is 8.73. The maximum absolute atomic E-state index is 12.9. The molecule has 0 aliphatic carbocycles. The molecule has 2 aromatic carbocycles. The van der Waals surface area contributed by atoms with Gasteiger partial charge in [-0.3, -0.25) is 9.71 Å². The number of benzene rings is 2. The zero-order chi connectivity index (χ0) is 23.6. The Bertz CT molecular complexity index is 1210. The average molecular weight is 480 g/mol. The van der Waals surface area contributed by atoms with E-state index in [4.69, 9.17) is 0 Å². The highest BCUT2D eigenvalue weighted by atomic mass is 32.2. The maximum atomic E-state index is 12.9. The van der Waals surface area contributed by atoms with Gasteiger partial charge in [0, 0.05) is 11.5 Å². The normalized spacial score (nSPS) is 12.6. The fourth-order valence-corrected chi connectivity index (χ4v) is 3.76. The van der Waals surface area contributed by atoms with Crippen molar-refractivity contribution in [3.8, 4) is 11.5 Å². The van der Waals surface area contributed by atoms with Gasteiger partial charge < -0.3 is 9.47 Å². The summed E-state index contributed by atoms with van der Waals surface area (Å²) in [4.78, 5) is 3.23. The van der Waals surface area contributed by atoms with E-state index in [0.717, 1.165) is 12.1 Å². The number of pyridine rings is 1. The predicted molar refractivity (Wildman–Crippen MR) is 102 cm³/mol. The van der Waals surface area contributed by atoms with Crippen molar-refractivity contribution >= 4 is 26.6 Å². The van der Waals surface area contributed by atoms with E-state index in [1.54, 1.807) is 24.3 Å². The molecule has 1 heterocycles. The van der Waals surface area contributed by atoms with Crippen LogP contribution in [0.5, 0.6) is 11.5 Å². The summed E-state index contributed by atoms with van der Waals surface area (Å²) >= 11 is 0. The number of fused-ring (bicyclic) bond motifs is 1. The van der Waals surface area contributed by atoms with Gasteiger partial charge in [0.1, 0.15) is 16.4 Å². The van der Waals surface area contributed by atoms with Gasteiger partial charge in [-0.2, -0.15) is 26.3 Å². The second-order valence-corrected chi connectivity index (χ2v) is 8.09. The number of nitrogens with one attached hydrogen (secondary N) is 1. The van der Waals surface area contributed by atoms with E-state index in [0.29, 0.717) is 17.0 Å². The number of aromatic nitrogens is 1. The van der Waals surface area contributed by atoms with Crippen LogP contribution in [0, 0.1) is 0 Å². The first-order valence-corrected chi connectivity index (χ1v) is 10.2. The fourth-order valence-electron chi connectivity index (χ4n) is 2.57. The van der Waals surface area contributed by atoms with Crippen LogP contribution in [0.1, 0.15) is 0 Å². The number of hydrogen-bond donors (Lipinski definition) is 1. The van der Waals surface area contributed by atoms with Crippen LogP contribution in [0.25, 0.3) is 10.9 Å². The Labute approximate surface area is 177 Å². The minimum atomic E-state index is -4.78. The second-order valence-electron chi connectivity index (χ2n) is 6.44. The summed E-state index contributed by atoms with van der Waals surface area (Å²) < 4.78 is 112. The van der Waals surface area contributed by atoms with Crippen molar-refractivity contribution in [3.63, 3.8) is 0 Å². The molecule has 3 aromatic rings. The highest BCUT2D eigenvalue weighted by Crippen LogP contribution is 2.32. The molecular weight excluding hydrogens is 466 g/mol. The van der Waals surface area contributed by atoms with Crippen LogP contribution in [-0.4, -0.2) is 39.0 Å². The van der Waals surface area contributed by atoms with Gasteiger partial charge in [-0.1, -0.05) is 18.2 Å². The summed E-state index contributed by atoms with van der Waals surface area (Å²) in [5.41, 5.74) is 0.541.